The number of halogens is 1. The van der Waals surface area contributed by atoms with E-state index in [1.807, 2.05) is 4.68 Å². The van der Waals surface area contributed by atoms with Gasteiger partial charge in [-0.25, -0.2) is 0 Å². The van der Waals surface area contributed by atoms with E-state index in [-0.39, 0.29) is 0 Å². The van der Waals surface area contributed by atoms with E-state index < -0.39 is 0 Å². The molecule has 20 heavy (non-hydrogen) atoms. The van der Waals surface area contributed by atoms with Crippen LogP contribution >= 0.6 is 15.9 Å². The van der Waals surface area contributed by atoms with Gasteiger partial charge in [0, 0.05) is 19.5 Å². The summed E-state index contributed by atoms with van der Waals surface area (Å²) in [4.78, 5) is 0. The Hall–Kier alpha value is -0.350. The highest BCUT2D eigenvalue weighted by atomic mass is 79.9. The molecule has 0 spiro atoms. The largest absolute Gasteiger partial charge is 0.314 e. The molecule has 0 radical (unpaired) electrons. The van der Waals surface area contributed by atoms with Crippen molar-refractivity contribution in [1.82, 2.24) is 15.1 Å². The summed E-state index contributed by atoms with van der Waals surface area (Å²) in [6.45, 7) is 7.71. The zero-order chi connectivity index (χ0) is 14.7. The summed E-state index contributed by atoms with van der Waals surface area (Å²) in [7, 11) is 2.05. The molecule has 2 rings (SSSR count). The minimum atomic E-state index is 0.582. The van der Waals surface area contributed by atoms with Gasteiger partial charge in [0.2, 0.25) is 0 Å². The average molecular weight is 342 g/mol. The first-order valence-corrected chi connectivity index (χ1v) is 8.73. The van der Waals surface area contributed by atoms with Crippen molar-refractivity contribution in [3.8, 4) is 0 Å². The van der Waals surface area contributed by atoms with Gasteiger partial charge >= 0.3 is 0 Å². The molecule has 1 atom stereocenters. The Kier molecular flexibility index (Phi) is 5.67. The van der Waals surface area contributed by atoms with E-state index in [1.54, 1.807) is 0 Å². The van der Waals surface area contributed by atoms with Crippen LogP contribution in [0, 0.1) is 18.8 Å². The van der Waals surface area contributed by atoms with Crippen LogP contribution in [0.1, 0.15) is 50.9 Å². The molecule has 4 heteroatoms. The smallest absolute Gasteiger partial charge is 0.0738 e. The van der Waals surface area contributed by atoms with Crippen LogP contribution in [0.3, 0.4) is 0 Å². The summed E-state index contributed by atoms with van der Waals surface area (Å²) in [5.41, 5.74) is 2.42. The molecular formula is C16H28BrN3. The number of rotatable bonds is 5. The van der Waals surface area contributed by atoms with Crippen molar-refractivity contribution in [2.45, 2.75) is 58.9 Å². The summed E-state index contributed by atoms with van der Waals surface area (Å²) in [6.07, 6.45) is 6.58. The molecule has 1 saturated carbocycles. The van der Waals surface area contributed by atoms with Gasteiger partial charge < -0.3 is 5.32 Å². The van der Waals surface area contributed by atoms with Crippen LogP contribution in [0.4, 0.5) is 0 Å². The Balaban J connectivity index is 2.09. The van der Waals surface area contributed by atoms with Crippen molar-refractivity contribution in [2.75, 3.05) is 6.54 Å². The fourth-order valence-corrected chi connectivity index (χ4v) is 3.96. The standard InChI is InChI=1S/C16H28BrN3/c1-5-18-14(13-8-6-11(2)7-9-13)10-15-16(17)12(3)19-20(15)4/h11,13-14,18H,5-10H2,1-4H3. The lowest BCUT2D eigenvalue weighted by Gasteiger charge is -2.33. The molecule has 1 heterocycles. The zero-order valence-electron chi connectivity index (χ0n) is 13.2. The molecule has 1 aliphatic rings. The number of hydrogen-bond donors (Lipinski definition) is 1. The Labute approximate surface area is 131 Å². The third-order valence-corrected chi connectivity index (χ3v) is 5.80. The third kappa shape index (κ3) is 3.64. The molecule has 0 bridgehead atoms. The third-order valence-electron chi connectivity index (χ3n) is 4.77. The van der Waals surface area contributed by atoms with Crippen LogP contribution in [0.25, 0.3) is 0 Å². The average Bonchev–Trinajstić information content (AvgIpc) is 2.65. The second-order valence-electron chi connectivity index (χ2n) is 6.36. The number of aromatic nitrogens is 2. The van der Waals surface area contributed by atoms with Crippen LogP contribution < -0.4 is 5.32 Å². The van der Waals surface area contributed by atoms with Crippen molar-refractivity contribution in [1.29, 1.82) is 0 Å². The highest BCUT2D eigenvalue weighted by Gasteiger charge is 2.27. The maximum atomic E-state index is 4.52. The lowest BCUT2D eigenvalue weighted by molar-refractivity contribution is 0.228. The minimum Gasteiger partial charge on any atom is -0.314 e. The maximum absolute atomic E-state index is 4.52. The van der Waals surface area contributed by atoms with Crippen molar-refractivity contribution in [3.63, 3.8) is 0 Å². The molecule has 0 aliphatic heterocycles. The molecule has 1 fully saturated rings. The van der Waals surface area contributed by atoms with Crippen molar-refractivity contribution < 1.29 is 0 Å². The van der Waals surface area contributed by atoms with Crippen LogP contribution in [0.15, 0.2) is 4.47 Å². The second-order valence-corrected chi connectivity index (χ2v) is 7.15. The lowest BCUT2D eigenvalue weighted by Crippen LogP contribution is -2.40. The number of likely N-dealkylation sites (N-methyl/N-ethyl adjacent to an activating group) is 1. The van der Waals surface area contributed by atoms with Gasteiger partial charge in [-0.1, -0.05) is 26.7 Å². The van der Waals surface area contributed by atoms with E-state index in [0.717, 1.165) is 30.5 Å². The van der Waals surface area contributed by atoms with E-state index in [2.05, 4.69) is 54.2 Å². The molecule has 114 valence electrons. The van der Waals surface area contributed by atoms with Crippen molar-refractivity contribution in [3.05, 3.63) is 15.9 Å². The monoisotopic (exact) mass is 341 g/mol. The van der Waals surface area contributed by atoms with Gasteiger partial charge in [0.1, 0.15) is 0 Å². The molecule has 1 aromatic heterocycles. The Bertz CT molecular complexity index is 433. The first kappa shape index (κ1) is 16.0. The fraction of sp³-hybridized carbons (Fsp3) is 0.812. The van der Waals surface area contributed by atoms with Crippen LogP contribution in [-0.2, 0) is 13.5 Å². The van der Waals surface area contributed by atoms with Gasteiger partial charge in [-0.2, -0.15) is 5.10 Å². The van der Waals surface area contributed by atoms with Gasteiger partial charge in [-0.15, -0.1) is 0 Å². The van der Waals surface area contributed by atoms with Gasteiger partial charge in [-0.3, -0.25) is 4.68 Å². The fourth-order valence-electron chi connectivity index (χ4n) is 3.47. The summed E-state index contributed by atoms with van der Waals surface area (Å²) in [6, 6.07) is 0.582. The first-order valence-electron chi connectivity index (χ1n) is 7.94. The van der Waals surface area contributed by atoms with E-state index in [9.17, 15) is 0 Å². The Morgan fingerprint density at radius 3 is 2.50 bits per heavy atom. The SMILES string of the molecule is CCNC(Cc1c(Br)c(C)nn1C)C1CCC(C)CC1. The summed E-state index contributed by atoms with van der Waals surface area (Å²) < 4.78 is 3.22. The lowest BCUT2D eigenvalue weighted by atomic mass is 9.78. The number of hydrogen-bond acceptors (Lipinski definition) is 2. The highest BCUT2D eigenvalue weighted by molar-refractivity contribution is 9.10. The van der Waals surface area contributed by atoms with E-state index >= 15 is 0 Å². The van der Waals surface area contributed by atoms with Gasteiger partial charge in [0.25, 0.3) is 0 Å². The highest BCUT2D eigenvalue weighted by Crippen LogP contribution is 2.32. The first-order chi connectivity index (χ1) is 9.52. The molecule has 1 N–H and O–H groups in total. The zero-order valence-corrected chi connectivity index (χ0v) is 14.8. The summed E-state index contributed by atoms with van der Waals surface area (Å²) in [5, 5.41) is 8.24. The Morgan fingerprint density at radius 1 is 1.35 bits per heavy atom. The normalized spacial score (nSPS) is 24.9. The van der Waals surface area contributed by atoms with Crippen molar-refractivity contribution in [2.24, 2.45) is 18.9 Å². The van der Waals surface area contributed by atoms with E-state index in [1.165, 1.54) is 35.8 Å². The summed E-state index contributed by atoms with van der Waals surface area (Å²) in [5.74, 6) is 1.73. The summed E-state index contributed by atoms with van der Waals surface area (Å²) >= 11 is 3.70. The molecule has 0 amide bonds. The van der Waals surface area contributed by atoms with Gasteiger partial charge in [0.15, 0.2) is 0 Å². The number of nitrogens with zero attached hydrogens (tertiary/aromatic N) is 2. The van der Waals surface area contributed by atoms with Crippen LogP contribution in [0.5, 0.6) is 0 Å². The molecule has 0 saturated heterocycles. The quantitative estimate of drug-likeness (QED) is 0.881. The molecule has 1 unspecified atom stereocenters. The van der Waals surface area contributed by atoms with Crippen molar-refractivity contribution >= 4 is 15.9 Å². The van der Waals surface area contributed by atoms with Crippen LogP contribution in [-0.4, -0.2) is 22.4 Å². The van der Waals surface area contributed by atoms with Gasteiger partial charge in [0.05, 0.1) is 15.9 Å². The van der Waals surface area contributed by atoms with Gasteiger partial charge in [-0.05, 0) is 54.1 Å². The number of nitrogens with one attached hydrogen (secondary N) is 1. The molecule has 0 aromatic carbocycles. The van der Waals surface area contributed by atoms with E-state index in [4.69, 9.17) is 0 Å². The second kappa shape index (κ2) is 7.08. The molecular weight excluding hydrogens is 314 g/mol. The predicted molar refractivity (Wildman–Crippen MR) is 87.9 cm³/mol. The molecule has 1 aliphatic carbocycles. The topological polar surface area (TPSA) is 29.9 Å². The van der Waals surface area contributed by atoms with E-state index in [0.29, 0.717) is 6.04 Å². The predicted octanol–water partition coefficient (Wildman–Crippen LogP) is 3.84. The number of aryl methyl sites for hydroxylation is 2. The maximum Gasteiger partial charge on any atom is 0.0738 e. The van der Waals surface area contributed by atoms with Crippen LogP contribution in [0.2, 0.25) is 0 Å². The minimum absolute atomic E-state index is 0.582. The Morgan fingerprint density at radius 2 is 2.00 bits per heavy atom. The molecule has 1 aromatic rings. The molecule has 3 nitrogen and oxygen atoms in total.